The maximum Gasteiger partial charge on any atom is 0.223 e. The standard InChI is InChI=1S/C19H30N2O4.ClH/c1-4-10-25-18-14(6-5-7-16(18)23-2)12-21-19(22)13-8-9-15(20)17(11-13)24-3;/h5-7,13,15,17H,4,8-12,20H2,1-3H3,(H,21,22);1H/t13-,15+,17+;/m0./s1. The molecule has 3 atom stereocenters. The number of nitrogens with two attached hydrogens (primary N) is 1. The molecule has 148 valence electrons. The molecule has 1 fully saturated rings. The molecule has 0 unspecified atom stereocenters. The molecule has 1 aromatic carbocycles. The van der Waals surface area contributed by atoms with Crippen molar-refractivity contribution in [3.8, 4) is 11.5 Å². The van der Waals surface area contributed by atoms with Gasteiger partial charge < -0.3 is 25.3 Å². The predicted molar refractivity (Wildman–Crippen MR) is 104 cm³/mol. The lowest BCUT2D eigenvalue weighted by atomic mass is 9.83. The molecule has 6 nitrogen and oxygen atoms in total. The summed E-state index contributed by atoms with van der Waals surface area (Å²) < 4.78 is 16.6. The first-order valence-electron chi connectivity index (χ1n) is 8.95. The van der Waals surface area contributed by atoms with Crippen LogP contribution >= 0.6 is 12.4 Å². The Morgan fingerprint density at radius 1 is 1.31 bits per heavy atom. The van der Waals surface area contributed by atoms with Gasteiger partial charge in [-0.3, -0.25) is 4.79 Å². The van der Waals surface area contributed by atoms with E-state index in [1.54, 1.807) is 14.2 Å². The summed E-state index contributed by atoms with van der Waals surface area (Å²) in [6.07, 6.45) is 3.13. The van der Waals surface area contributed by atoms with Crippen LogP contribution in [0.2, 0.25) is 0 Å². The van der Waals surface area contributed by atoms with Gasteiger partial charge in [0.2, 0.25) is 5.91 Å². The molecule has 0 spiro atoms. The van der Waals surface area contributed by atoms with Gasteiger partial charge in [-0.05, 0) is 31.7 Å². The highest BCUT2D eigenvalue weighted by molar-refractivity contribution is 5.85. The lowest BCUT2D eigenvalue weighted by Gasteiger charge is -2.32. The van der Waals surface area contributed by atoms with Crippen molar-refractivity contribution in [1.82, 2.24) is 5.32 Å². The topological polar surface area (TPSA) is 82.8 Å². The number of rotatable bonds is 8. The average molecular weight is 387 g/mol. The Balaban J connectivity index is 0.00000338. The normalized spacial score (nSPS) is 22.2. The molecule has 26 heavy (non-hydrogen) atoms. The van der Waals surface area contributed by atoms with Gasteiger partial charge in [-0.25, -0.2) is 0 Å². The van der Waals surface area contributed by atoms with Gasteiger partial charge in [-0.2, -0.15) is 0 Å². The SMILES string of the molecule is CCCOc1c(CNC(=O)[C@H]2CC[C@@H](N)[C@H](OC)C2)cccc1OC.Cl. The maximum atomic E-state index is 12.5. The van der Waals surface area contributed by atoms with Crippen molar-refractivity contribution in [3.63, 3.8) is 0 Å². The van der Waals surface area contributed by atoms with E-state index in [0.29, 0.717) is 31.1 Å². The number of amides is 1. The third-order valence-electron chi connectivity index (χ3n) is 4.70. The van der Waals surface area contributed by atoms with E-state index < -0.39 is 0 Å². The average Bonchev–Trinajstić information content (AvgIpc) is 2.64. The number of para-hydroxylation sites is 1. The van der Waals surface area contributed by atoms with E-state index in [1.807, 2.05) is 18.2 Å². The van der Waals surface area contributed by atoms with Crippen LogP contribution in [0.5, 0.6) is 11.5 Å². The van der Waals surface area contributed by atoms with Crippen LogP contribution in [0.3, 0.4) is 0 Å². The number of methoxy groups -OCH3 is 2. The van der Waals surface area contributed by atoms with E-state index >= 15 is 0 Å². The van der Waals surface area contributed by atoms with Gasteiger partial charge >= 0.3 is 0 Å². The van der Waals surface area contributed by atoms with E-state index in [0.717, 1.165) is 24.8 Å². The fourth-order valence-corrected chi connectivity index (χ4v) is 3.22. The van der Waals surface area contributed by atoms with Gasteiger partial charge in [0.25, 0.3) is 0 Å². The van der Waals surface area contributed by atoms with Crippen LogP contribution in [0.4, 0.5) is 0 Å². The molecule has 0 radical (unpaired) electrons. The Kier molecular flexibility index (Phi) is 9.76. The highest BCUT2D eigenvalue weighted by atomic mass is 35.5. The van der Waals surface area contributed by atoms with E-state index in [4.69, 9.17) is 19.9 Å². The molecule has 0 aliphatic heterocycles. The molecular formula is C19H31ClN2O4. The van der Waals surface area contributed by atoms with E-state index in [1.165, 1.54) is 0 Å². The molecule has 0 aromatic heterocycles. The molecular weight excluding hydrogens is 356 g/mol. The monoisotopic (exact) mass is 386 g/mol. The lowest BCUT2D eigenvalue weighted by molar-refractivity contribution is -0.128. The van der Waals surface area contributed by atoms with E-state index in [9.17, 15) is 4.79 Å². The second-order valence-electron chi connectivity index (χ2n) is 6.46. The summed E-state index contributed by atoms with van der Waals surface area (Å²) >= 11 is 0. The fourth-order valence-electron chi connectivity index (χ4n) is 3.22. The number of hydrogen-bond acceptors (Lipinski definition) is 5. The third-order valence-corrected chi connectivity index (χ3v) is 4.70. The molecule has 2 rings (SSSR count). The minimum atomic E-state index is -0.0598. The van der Waals surface area contributed by atoms with Crippen LogP contribution in [-0.2, 0) is 16.1 Å². The summed E-state index contributed by atoms with van der Waals surface area (Å²) in [6.45, 7) is 3.07. The summed E-state index contributed by atoms with van der Waals surface area (Å²) in [6, 6.07) is 5.73. The predicted octanol–water partition coefficient (Wildman–Crippen LogP) is 2.66. The quantitative estimate of drug-likeness (QED) is 0.717. The van der Waals surface area contributed by atoms with Crippen LogP contribution in [0.1, 0.15) is 38.2 Å². The molecule has 1 aliphatic carbocycles. The highest BCUT2D eigenvalue weighted by Gasteiger charge is 2.32. The number of carbonyl (C=O) groups excluding carboxylic acids is 1. The Labute approximate surface area is 162 Å². The zero-order chi connectivity index (χ0) is 18.2. The molecule has 1 aromatic rings. The Morgan fingerprint density at radius 3 is 2.73 bits per heavy atom. The maximum absolute atomic E-state index is 12.5. The summed E-state index contributed by atoms with van der Waals surface area (Å²) in [5.41, 5.74) is 6.94. The molecule has 1 aliphatic rings. The Bertz CT molecular complexity index is 570. The minimum absolute atomic E-state index is 0. The van der Waals surface area contributed by atoms with E-state index in [-0.39, 0.29) is 36.4 Å². The van der Waals surface area contributed by atoms with Crippen molar-refractivity contribution in [2.75, 3.05) is 20.8 Å². The van der Waals surface area contributed by atoms with Gasteiger partial charge in [0.05, 0.1) is 19.8 Å². The van der Waals surface area contributed by atoms with Gasteiger partial charge in [-0.1, -0.05) is 19.1 Å². The summed E-state index contributed by atoms with van der Waals surface area (Å²) in [5.74, 6) is 1.37. The largest absolute Gasteiger partial charge is 0.493 e. The van der Waals surface area contributed by atoms with Crippen molar-refractivity contribution >= 4 is 18.3 Å². The van der Waals surface area contributed by atoms with Crippen molar-refractivity contribution < 1.29 is 19.0 Å². The van der Waals surface area contributed by atoms with Crippen LogP contribution < -0.4 is 20.5 Å². The van der Waals surface area contributed by atoms with Crippen LogP contribution in [-0.4, -0.2) is 38.9 Å². The number of nitrogens with one attached hydrogen (secondary N) is 1. The van der Waals surface area contributed by atoms with E-state index in [2.05, 4.69) is 12.2 Å². The highest BCUT2D eigenvalue weighted by Crippen LogP contribution is 2.31. The third kappa shape index (κ3) is 5.76. The summed E-state index contributed by atoms with van der Waals surface area (Å²) in [4.78, 5) is 12.5. The van der Waals surface area contributed by atoms with Crippen molar-refractivity contribution in [2.45, 2.75) is 51.3 Å². The Morgan fingerprint density at radius 2 is 2.08 bits per heavy atom. The zero-order valence-electron chi connectivity index (χ0n) is 15.8. The summed E-state index contributed by atoms with van der Waals surface area (Å²) in [5, 5.41) is 3.03. The molecule has 0 heterocycles. The molecule has 3 N–H and O–H groups in total. The zero-order valence-corrected chi connectivity index (χ0v) is 16.6. The van der Waals surface area contributed by atoms with Crippen molar-refractivity contribution in [3.05, 3.63) is 23.8 Å². The first kappa shape index (κ1) is 22.5. The van der Waals surface area contributed by atoms with Crippen LogP contribution in [0.15, 0.2) is 18.2 Å². The molecule has 1 saturated carbocycles. The number of benzene rings is 1. The van der Waals surface area contributed by atoms with Crippen molar-refractivity contribution in [2.24, 2.45) is 11.7 Å². The lowest BCUT2D eigenvalue weighted by Crippen LogP contribution is -2.45. The number of hydrogen-bond donors (Lipinski definition) is 2. The second-order valence-corrected chi connectivity index (χ2v) is 6.46. The van der Waals surface area contributed by atoms with Gasteiger partial charge in [0.15, 0.2) is 11.5 Å². The second kappa shape index (κ2) is 11.3. The first-order valence-corrected chi connectivity index (χ1v) is 8.95. The van der Waals surface area contributed by atoms with Crippen LogP contribution in [0.25, 0.3) is 0 Å². The van der Waals surface area contributed by atoms with Gasteiger partial charge in [0, 0.05) is 31.2 Å². The number of ether oxygens (including phenoxy) is 3. The minimum Gasteiger partial charge on any atom is -0.493 e. The Hall–Kier alpha value is -1.50. The number of carbonyl (C=O) groups is 1. The smallest absolute Gasteiger partial charge is 0.223 e. The fraction of sp³-hybridized carbons (Fsp3) is 0.632. The van der Waals surface area contributed by atoms with Crippen molar-refractivity contribution in [1.29, 1.82) is 0 Å². The first-order chi connectivity index (χ1) is 12.1. The van der Waals surface area contributed by atoms with Gasteiger partial charge in [-0.15, -0.1) is 12.4 Å². The van der Waals surface area contributed by atoms with Gasteiger partial charge in [0.1, 0.15) is 0 Å². The summed E-state index contributed by atoms with van der Waals surface area (Å²) in [7, 11) is 3.27. The number of halogens is 1. The molecule has 7 heteroatoms. The van der Waals surface area contributed by atoms with Crippen LogP contribution in [0, 0.1) is 5.92 Å². The molecule has 0 bridgehead atoms. The molecule has 1 amide bonds. The molecule has 0 saturated heterocycles.